The Labute approximate surface area is 89.8 Å². The summed E-state index contributed by atoms with van der Waals surface area (Å²) in [5, 5.41) is 10.9. The molecule has 1 atom stereocenters. The van der Waals surface area contributed by atoms with Crippen molar-refractivity contribution in [3.63, 3.8) is 0 Å². The van der Waals surface area contributed by atoms with Gasteiger partial charge in [0.05, 0.1) is 6.10 Å². The minimum Gasteiger partial charge on any atom is -0.480 e. The number of aliphatic carboxylic acids is 1. The van der Waals surface area contributed by atoms with Gasteiger partial charge < -0.3 is 15.2 Å². The molecule has 1 amide bonds. The molecule has 0 unspecified atom stereocenters. The van der Waals surface area contributed by atoms with Crippen LogP contribution in [0.5, 0.6) is 0 Å². The molecule has 0 fully saturated rings. The normalized spacial score (nSPS) is 12.5. The fraction of sp³-hybridized carbons (Fsp3) is 0.800. The van der Waals surface area contributed by atoms with Crippen LogP contribution in [0.1, 0.15) is 33.6 Å². The van der Waals surface area contributed by atoms with Crippen molar-refractivity contribution >= 4 is 11.9 Å². The van der Waals surface area contributed by atoms with Crippen molar-refractivity contribution in [3.05, 3.63) is 0 Å². The van der Waals surface area contributed by atoms with E-state index in [2.05, 4.69) is 5.32 Å². The molecule has 0 rings (SSSR count). The first kappa shape index (κ1) is 13.9. The first-order valence-corrected chi connectivity index (χ1v) is 5.07. The van der Waals surface area contributed by atoms with E-state index in [4.69, 9.17) is 9.84 Å². The van der Waals surface area contributed by atoms with Crippen molar-refractivity contribution in [2.24, 2.45) is 0 Å². The molecular formula is C10H19NO4. The third-order valence-corrected chi connectivity index (χ3v) is 1.75. The van der Waals surface area contributed by atoms with Gasteiger partial charge >= 0.3 is 5.97 Å². The van der Waals surface area contributed by atoms with Crippen LogP contribution in [0.3, 0.4) is 0 Å². The molecule has 15 heavy (non-hydrogen) atoms. The van der Waals surface area contributed by atoms with Gasteiger partial charge in [0.1, 0.15) is 6.04 Å². The van der Waals surface area contributed by atoms with Gasteiger partial charge in [0, 0.05) is 13.0 Å². The molecule has 0 aromatic rings. The monoisotopic (exact) mass is 217 g/mol. The molecule has 5 nitrogen and oxygen atoms in total. The van der Waals surface area contributed by atoms with Crippen molar-refractivity contribution < 1.29 is 19.4 Å². The predicted octanol–water partition coefficient (Wildman–Crippen LogP) is 0.781. The summed E-state index contributed by atoms with van der Waals surface area (Å²) in [6, 6.07) is -0.830. The summed E-state index contributed by atoms with van der Waals surface area (Å²) < 4.78 is 5.25. The van der Waals surface area contributed by atoms with Gasteiger partial charge in [-0.25, -0.2) is 0 Å². The van der Waals surface area contributed by atoms with Crippen LogP contribution in [-0.2, 0) is 14.3 Å². The van der Waals surface area contributed by atoms with Crippen molar-refractivity contribution in [2.45, 2.75) is 45.8 Å². The Morgan fingerprint density at radius 2 is 1.93 bits per heavy atom. The van der Waals surface area contributed by atoms with Crippen molar-refractivity contribution in [1.29, 1.82) is 0 Å². The molecule has 0 bridgehead atoms. The van der Waals surface area contributed by atoms with Gasteiger partial charge in [-0.1, -0.05) is 0 Å². The van der Waals surface area contributed by atoms with E-state index in [1.807, 2.05) is 13.8 Å². The summed E-state index contributed by atoms with van der Waals surface area (Å²) in [6.07, 6.45) is 1.06. The first-order chi connectivity index (χ1) is 6.93. The van der Waals surface area contributed by atoms with Crippen molar-refractivity contribution in [2.75, 3.05) is 6.61 Å². The van der Waals surface area contributed by atoms with E-state index in [-0.39, 0.29) is 12.0 Å². The number of nitrogens with one attached hydrogen (secondary N) is 1. The van der Waals surface area contributed by atoms with Crippen LogP contribution in [0.15, 0.2) is 0 Å². The van der Waals surface area contributed by atoms with E-state index in [9.17, 15) is 9.59 Å². The standard InChI is InChI=1S/C10H19NO4/c1-7(2)15-6-4-5-9(12)11-8(3)10(13)14/h7-8H,4-6H2,1-3H3,(H,11,12)(H,13,14)/t8-/m0/s1. The third-order valence-electron chi connectivity index (χ3n) is 1.75. The van der Waals surface area contributed by atoms with E-state index in [1.165, 1.54) is 6.92 Å². The van der Waals surface area contributed by atoms with Gasteiger partial charge in [0.25, 0.3) is 0 Å². The number of carboxylic acid groups (broad SMARTS) is 1. The Morgan fingerprint density at radius 1 is 1.33 bits per heavy atom. The van der Waals surface area contributed by atoms with Gasteiger partial charge in [-0.15, -0.1) is 0 Å². The van der Waals surface area contributed by atoms with Crippen LogP contribution in [0.25, 0.3) is 0 Å². The lowest BCUT2D eigenvalue weighted by Gasteiger charge is -2.10. The molecule has 0 saturated heterocycles. The highest BCUT2D eigenvalue weighted by Gasteiger charge is 2.13. The SMILES string of the molecule is CC(C)OCCCC(=O)N[C@@H](C)C(=O)O. The molecule has 0 aromatic heterocycles. The molecule has 0 aliphatic heterocycles. The van der Waals surface area contributed by atoms with Gasteiger partial charge in [0.15, 0.2) is 0 Å². The van der Waals surface area contributed by atoms with E-state index in [0.717, 1.165) is 0 Å². The number of rotatable bonds is 7. The van der Waals surface area contributed by atoms with Crippen LogP contribution in [0.4, 0.5) is 0 Å². The molecule has 2 N–H and O–H groups in total. The molecule has 88 valence electrons. The summed E-state index contributed by atoms with van der Waals surface area (Å²) in [4.78, 5) is 21.6. The Balaban J connectivity index is 3.54. The van der Waals surface area contributed by atoms with Crippen LogP contribution >= 0.6 is 0 Å². The summed E-state index contributed by atoms with van der Waals surface area (Å²) in [5.74, 6) is -1.28. The summed E-state index contributed by atoms with van der Waals surface area (Å²) in [7, 11) is 0. The highest BCUT2D eigenvalue weighted by Crippen LogP contribution is 1.95. The number of hydrogen-bond acceptors (Lipinski definition) is 3. The van der Waals surface area contributed by atoms with Gasteiger partial charge in [0.2, 0.25) is 5.91 Å². The zero-order chi connectivity index (χ0) is 11.8. The largest absolute Gasteiger partial charge is 0.480 e. The molecule has 0 saturated carbocycles. The highest BCUT2D eigenvalue weighted by molar-refractivity contribution is 5.83. The van der Waals surface area contributed by atoms with Gasteiger partial charge in [-0.2, -0.15) is 0 Å². The Hall–Kier alpha value is -1.10. The fourth-order valence-electron chi connectivity index (χ4n) is 0.927. The maximum Gasteiger partial charge on any atom is 0.325 e. The molecule has 0 aliphatic rings. The second-order valence-corrected chi connectivity index (χ2v) is 3.65. The van der Waals surface area contributed by atoms with E-state index >= 15 is 0 Å². The number of carbonyl (C=O) groups is 2. The van der Waals surface area contributed by atoms with Gasteiger partial charge in [-0.05, 0) is 27.2 Å². The average Bonchev–Trinajstić information content (AvgIpc) is 2.12. The van der Waals surface area contributed by atoms with Crippen LogP contribution < -0.4 is 5.32 Å². The topological polar surface area (TPSA) is 75.6 Å². The second-order valence-electron chi connectivity index (χ2n) is 3.65. The number of hydrogen-bond donors (Lipinski definition) is 2. The lowest BCUT2D eigenvalue weighted by molar-refractivity contribution is -0.141. The lowest BCUT2D eigenvalue weighted by atomic mass is 10.2. The van der Waals surface area contributed by atoms with Crippen LogP contribution in [0, 0.1) is 0 Å². The van der Waals surface area contributed by atoms with Crippen molar-refractivity contribution in [1.82, 2.24) is 5.32 Å². The molecule has 0 aliphatic carbocycles. The third kappa shape index (κ3) is 7.93. The predicted molar refractivity (Wildman–Crippen MR) is 55.6 cm³/mol. The highest BCUT2D eigenvalue weighted by atomic mass is 16.5. The minimum absolute atomic E-state index is 0.158. The Bertz CT molecular complexity index is 215. The molecule has 0 heterocycles. The van der Waals surface area contributed by atoms with Crippen molar-refractivity contribution in [3.8, 4) is 0 Å². The minimum atomic E-state index is -1.03. The summed E-state index contributed by atoms with van der Waals surface area (Å²) >= 11 is 0. The lowest BCUT2D eigenvalue weighted by Crippen LogP contribution is -2.38. The number of carbonyl (C=O) groups excluding carboxylic acids is 1. The van der Waals surface area contributed by atoms with Gasteiger partial charge in [-0.3, -0.25) is 9.59 Å². The van der Waals surface area contributed by atoms with E-state index in [1.54, 1.807) is 0 Å². The zero-order valence-corrected chi connectivity index (χ0v) is 9.45. The molecule has 0 spiro atoms. The fourth-order valence-corrected chi connectivity index (χ4v) is 0.927. The maximum absolute atomic E-state index is 11.2. The molecule has 0 radical (unpaired) electrons. The summed E-state index contributed by atoms with van der Waals surface area (Å²) in [5.41, 5.74) is 0. The second kappa shape index (κ2) is 7.23. The first-order valence-electron chi connectivity index (χ1n) is 5.07. The smallest absolute Gasteiger partial charge is 0.325 e. The Morgan fingerprint density at radius 3 is 2.40 bits per heavy atom. The van der Waals surface area contributed by atoms with E-state index in [0.29, 0.717) is 19.4 Å². The maximum atomic E-state index is 11.2. The molecule has 5 heteroatoms. The zero-order valence-electron chi connectivity index (χ0n) is 9.45. The van der Waals surface area contributed by atoms with Crippen LogP contribution in [-0.4, -0.2) is 35.7 Å². The number of amides is 1. The average molecular weight is 217 g/mol. The Kier molecular flexibility index (Phi) is 6.70. The molecule has 0 aromatic carbocycles. The van der Waals surface area contributed by atoms with E-state index < -0.39 is 12.0 Å². The van der Waals surface area contributed by atoms with Crippen LogP contribution in [0.2, 0.25) is 0 Å². The summed E-state index contributed by atoms with van der Waals surface area (Å²) in [6.45, 7) is 5.80. The number of carboxylic acids is 1. The quantitative estimate of drug-likeness (QED) is 0.618. The number of ether oxygens (including phenoxy) is 1. The molecular weight excluding hydrogens is 198 g/mol.